The second kappa shape index (κ2) is 6.38. The van der Waals surface area contributed by atoms with E-state index in [2.05, 4.69) is 15.5 Å². The molecule has 0 spiro atoms. The van der Waals surface area contributed by atoms with Crippen LogP contribution < -0.4 is 5.32 Å². The lowest BCUT2D eigenvalue weighted by Gasteiger charge is -2.17. The van der Waals surface area contributed by atoms with E-state index in [9.17, 15) is 4.79 Å². The zero-order chi connectivity index (χ0) is 13.0. The van der Waals surface area contributed by atoms with Crippen molar-refractivity contribution in [1.29, 1.82) is 0 Å². The normalized spacial score (nSPS) is 14.6. The van der Waals surface area contributed by atoms with Crippen LogP contribution in [0, 0.1) is 0 Å². The third kappa shape index (κ3) is 3.84. The number of nitrogens with zero attached hydrogens (tertiary/aromatic N) is 3. The number of carbonyl (C=O) groups is 1. The molecule has 5 nitrogen and oxygen atoms in total. The SMILES string of the molecule is CCN(CC)C(=O)CSc1nnc(NC2CC2)s1. The van der Waals surface area contributed by atoms with E-state index in [4.69, 9.17) is 0 Å². The van der Waals surface area contributed by atoms with Gasteiger partial charge >= 0.3 is 0 Å². The molecule has 0 atom stereocenters. The molecule has 1 amide bonds. The third-order valence-corrected chi connectivity index (χ3v) is 4.72. The highest BCUT2D eigenvalue weighted by Gasteiger charge is 2.22. The molecular formula is C11H18N4OS2. The molecule has 0 bridgehead atoms. The minimum absolute atomic E-state index is 0.164. The minimum Gasteiger partial charge on any atom is -0.357 e. The Morgan fingerprint density at radius 3 is 2.78 bits per heavy atom. The van der Waals surface area contributed by atoms with Gasteiger partial charge in [-0.15, -0.1) is 10.2 Å². The first-order valence-electron chi connectivity index (χ1n) is 6.23. The Labute approximate surface area is 115 Å². The first-order chi connectivity index (χ1) is 8.72. The van der Waals surface area contributed by atoms with Crippen molar-refractivity contribution in [3.8, 4) is 0 Å². The molecule has 1 aromatic rings. The Morgan fingerprint density at radius 2 is 2.17 bits per heavy atom. The predicted molar refractivity (Wildman–Crippen MR) is 75.2 cm³/mol. The molecule has 0 aromatic carbocycles. The van der Waals surface area contributed by atoms with E-state index >= 15 is 0 Å². The summed E-state index contributed by atoms with van der Waals surface area (Å²) in [4.78, 5) is 13.6. The van der Waals surface area contributed by atoms with Crippen molar-refractivity contribution in [3.63, 3.8) is 0 Å². The molecule has 1 aliphatic carbocycles. The van der Waals surface area contributed by atoms with Gasteiger partial charge in [0.25, 0.3) is 0 Å². The molecule has 2 rings (SSSR count). The maximum atomic E-state index is 11.8. The summed E-state index contributed by atoms with van der Waals surface area (Å²) in [5.41, 5.74) is 0. The molecule has 0 unspecified atom stereocenters. The zero-order valence-electron chi connectivity index (χ0n) is 10.7. The van der Waals surface area contributed by atoms with Crippen molar-refractivity contribution in [2.45, 2.75) is 37.1 Å². The monoisotopic (exact) mass is 286 g/mol. The molecule has 0 radical (unpaired) electrons. The molecule has 1 heterocycles. The van der Waals surface area contributed by atoms with Gasteiger partial charge in [0, 0.05) is 19.1 Å². The Hall–Kier alpha value is -0.820. The zero-order valence-corrected chi connectivity index (χ0v) is 12.3. The van der Waals surface area contributed by atoms with E-state index in [1.165, 1.54) is 35.9 Å². The van der Waals surface area contributed by atoms with Crippen LogP contribution in [-0.4, -0.2) is 45.9 Å². The third-order valence-electron chi connectivity index (χ3n) is 2.75. The fraction of sp³-hybridized carbons (Fsp3) is 0.727. The van der Waals surface area contributed by atoms with Crippen molar-refractivity contribution in [2.24, 2.45) is 0 Å². The number of hydrogen-bond donors (Lipinski definition) is 1. The molecule has 1 aliphatic rings. The Morgan fingerprint density at radius 1 is 1.44 bits per heavy atom. The lowest BCUT2D eigenvalue weighted by Crippen LogP contribution is -2.31. The van der Waals surface area contributed by atoms with Gasteiger partial charge in [-0.05, 0) is 26.7 Å². The summed E-state index contributed by atoms with van der Waals surface area (Å²) in [5, 5.41) is 12.3. The van der Waals surface area contributed by atoms with Gasteiger partial charge in [0.2, 0.25) is 11.0 Å². The van der Waals surface area contributed by atoms with Crippen LogP contribution in [0.1, 0.15) is 26.7 Å². The second-order valence-electron chi connectivity index (χ2n) is 4.15. The number of rotatable bonds is 7. The highest BCUT2D eigenvalue weighted by Crippen LogP contribution is 2.30. The average Bonchev–Trinajstić information content (AvgIpc) is 3.06. The van der Waals surface area contributed by atoms with Crippen LogP contribution in [0.4, 0.5) is 5.13 Å². The molecule has 0 saturated heterocycles. The molecule has 1 saturated carbocycles. The first-order valence-corrected chi connectivity index (χ1v) is 8.03. The molecular weight excluding hydrogens is 268 g/mol. The van der Waals surface area contributed by atoms with Gasteiger partial charge in [-0.25, -0.2) is 0 Å². The number of carbonyl (C=O) groups excluding carboxylic acids is 1. The van der Waals surface area contributed by atoms with Gasteiger partial charge in [0.05, 0.1) is 5.75 Å². The fourth-order valence-electron chi connectivity index (χ4n) is 1.52. The van der Waals surface area contributed by atoms with E-state index in [1.807, 2.05) is 18.7 Å². The summed E-state index contributed by atoms with van der Waals surface area (Å²) in [7, 11) is 0. The van der Waals surface area contributed by atoms with Gasteiger partial charge in [-0.3, -0.25) is 4.79 Å². The summed E-state index contributed by atoms with van der Waals surface area (Å²) < 4.78 is 0.860. The number of hydrogen-bond acceptors (Lipinski definition) is 6. The van der Waals surface area contributed by atoms with Crippen molar-refractivity contribution in [3.05, 3.63) is 0 Å². The standard InChI is InChI=1S/C11H18N4OS2/c1-3-15(4-2)9(16)7-17-11-14-13-10(18-11)12-8-5-6-8/h8H,3-7H2,1-2H3,(H,12,13). The van der Waals surface area contributed by atoms with Crippen LogP contribution in [0.3, 0.4) is 0 Å². The van der Waals surface area contributed by atoms with E-state index in [0.717, 1.165) is 22.6 Å². The van der Waals surface area contributed by atoms with Crippen LogP contribution in [0.25, 0.3) is 0 Å². The second-order valence-corrected chi connectivity index (χ2v) is 6.35. The van der Waals surface area contributed by atoms with Gasteiger partial charge in [0.1, 0.15) is 0 Å². The number of thioether (sulfide) groups is 1. The maximum absolute atomic E-state index is 11.8. The lowest BCUT2D eigenvalue weighted by atomic mass is 10.5. The largest absolute Gasteiger partial charge is 0.357 e. The Bertz CT molecular complexity index is 402. The number of amides is 1. The molecule has 1 fully saturated rings. The highest BCUT2D eigenvalue weighted by atomic mass is 32.2. The predicted octanol–water partition coefficient (Wildman–Crippen LogP) is 2.07. The number of anilines is 1. The molecule has 100 valence electrons. The Kier molecular flexibility index (Phi) is 4.82. The summed E-state index contributed by atoms with van der Waals surface area (Å²) >= 11 is 3.00. The van der Waals surface area contributed by atoms with Gasteiger partial charge in [-0.2, -0.15) is 0 Å². The molecule has 7 heteroatoms. The Balaban J connectivity index is 1.78. The van der Waals surface area contributed by atoms with Crippen molar-refractivity contribution in [1.82, 2.24) is 15.1 Å². The van der Waals surface area contributed by atoms with Crippen LogP contribution >= 0.6 is 23.1 Å². The van der Waals surface area contributed by atoms with Gasteiger partial charge in [0.15, 0.2) is 4.34 Å². The first kappa shape index (κ1) is 13.6. The van der Waals surface area contributed by atoms with Crippen molar-refractivity contribution >= 4 is 34.1 Å². The summed E-state index contributed by atoms with van der Waals surface area (Å²) in [6.07, 6.45) is 2.45. The van der Waals surface area contributed by atoms with Gasteiger partial charge < -0.3 is 10.2 Å². The summed E-state index contributed by atoms with van der Waals surface area (Å²) in [5.74, 6) is 0.608. The van der Waals surface area contributed by atoms with E-state index in [-0.39, 0.29) is 5.91 Å². The van der Waals surface area contributed by atoms with Crippen LogP contribution in [-0.2, 0) is 4.79 Å². The molecule has 18 heavy (non-hydrogen) atoms. The lowest BCUT2D eigenvalue weighted by molar-refractivity contribution is -0.127. The quantitative estimate of drug-likeness (QED) is 0.778. The fourth-order valence-corrected chi connectivity index (χ4v) is 3.25. The molecule has 1 aromatic heterocycles. The van der Waals surface area contributed by atoms with E-state index < -0.39 is 0 Å². The maximum Gasteiger partial charge on any atom is 0.233 e. The van der Waals surface area contributed by atoms with E-state index in [1.54, 1.807) is 0 Å². The van der Waals surface area contributed by atoms with E-state index in [0.29, 0.717) is 11.8 Å². The minimum atomic E-state index is 0.164. The van der Waals surface area contributed by atoms with Gasteiger partial charge in [-0.1, -0.05) is 23.1 Å². The molecule has 1 N–H and O–H groups in total. The van der Waals surface area contributed by atoms with Crippen molar-refractivity contribution < 1.29 is 4.79 Å². The van der Waals surface area contributed by atoms with Crippen LogP contribution in [0.15, 0.2) is 4.34 Å². The van der Waals surface area contributed by atoms with Crippen molar-refractivity contribution in [2.75, 3.05) is 24.2 Å². The summed E-state index contributed by atoms with van der Waals surface area (Å²) in [6, 6.07) is 0.591. The average molecular weight is 286 g/mol. The topological polar surface area (TPSA) is 58.1 Å². The number of nitrogens with one attached hydrogen (secondary N) is 1. The number of aromatic nitrogens is 2. The van der Waals surface area contributed by atoms with Crippen LogP contribution in [0.5, 0.6) is 0 Å². The highest BCUT2D eigenvalue weighted by molar-refractivity contribution is 8.01. The smallest absolute Gasteiger partial charge is 0.233 e. The summed E-state index contributed by atoms with van der Waals surface area (Å²) in [6.45, 7) is 5.52. The molecule has 0 aliphatic heterocycles. The van der Waals surface area contributed by atoms with Crippen LogP contribution in [0.2, 0.25) is 0 Å².